The molecule has 0 amide bonds. The maximum absolute atomic E-state index is 10.9. The molecule has 0 fully saturated rings. The predicted octanol–water partition coefficient (Wildman–Crippen LogP) is 4.58. The molecule has 0 saturated heterocycles. The van der Waals surface area contributed by atoms with E-state index in [2.05, 4.69) is 33.1 Å². The van der Waals surface area contributed by atoms with Crippen LogP contribution in [0.4, 0.5) is 0 Å². The van der Waals surface area contributed by atoms with E-state index < -0.39 is 13.7 Å². The van der Waals surface area contributed by atoms with E-state index in [1.54, 1.807) is 0 Å². The van der Waals surface area contributed by atoms with Crippen molar-refractivity contribution in [1.29, 1.82) is 0 Å². The number of rotatable bonds is 10. The van der Waals surface area contributed by atoms with Crippen molar-refractivity contribution >= 4 is 8.07 Å². The standard InChI is InChI=1S/C15H32O2Si/c1-7-9-10-11-12-15(16,13-18(4,5)6)14(3)17-8-2/h16H,3,7-13H2,1-2,4-6H3. The van der Waals surface area contributed by atoms with Crippen molar-refractivity contribution in [3.8, 4) is 0 Å². The number of ether oxygens (including phenoxy) is 1. The molecule has 0 spiro atoms. The summed E-state index contributed by atoms with van der Waals surface area (Å²) >= 11 is 0. The van der Waals surface area contributed by atoms with E-state index in [1.165, 1.54) is 19.3 Å². The summed E-state index contributed by atoms with van der Waals surface area (Å²) in [5.41, 5.74) is -0.811. The Bertz CT molecular complexity index is 245. The molecule has 3 heteroatoms. The van der Waals surface area contributed by atoms with Crippen LogP contribution in [0.3, 0.4) is 0 Å². The van der Waals surface area contributed by atoms with Crippen LogP contribution < -0.4 is 0 Å². The second kappa shape index (κ2) is 8.00. The summed E-state index contributed by atoms with van der Waals surface area (Å²) in [4.78, 5) is 0. The van der Waals surface area contributed by atoms with E-state index in [-0.39, 0.29) is 0 Å². The highest BCUT2D eigenvalue weighted by Gasteiger charge is 2.36. The van der Waals surface area contributed by atoms with E-state index in [4.69, 9.17) is 4.74 Å². The highest BCUT2D eigenvalue weighted by molar-refractivity contribution is 6.76. The van der Waals surface area contributed by atoms with Crippen molar-refractivity contribution in [2.75, 3.05) is 6.61 Å². The molecule has 0 aliphatic rings. The first-order valence-corrected chi connectivity index (χ1v) is 11.0. The lowest BCUT2D eigenvalue weighted by Gasteiger charge is -2.34. The van der Waals surface area contributed by atoms with Gasteiger partial charge in [-0.1, -0.05) is 58.8 Å². The molecule has 0 aromatic heterocycles. The van der Waals surface area contributed by atoms with E-state index in [0.29, 0.717) is 12.4 Å². The molecule has 2 nitrogen and oxygen atoms in total. The second-order valence-electron chi connectivity index (χ2n) is 6.44. The summed E-state index contributed by atoms with van der Waals surface area (Å²) in [6.45, 7) is 15.5. The van der Waals surface area contributed by atoms with Gasteiger partial charge in [-0.15, -0.1) is 0 Å². The Kier molecular flexibility index (Phi) is 7.88. The van der Waals surface area contributed by atoms with E-state index in [1.807, 2.05) is 6.92 Å². The topological polar surface area (TPSA) is 29.5 Å². The average Bonchev–Trinajstić information content (AvgIpc) is 2.22. The molecule has 0 rings (SSSR count). The Morgan fingerprint density at radius 3 is 2.22 bits per heavy atom. The first-order chi connectivity index (χ1) is 8.25. The quantitative estimate of drug-likeness (QED) is 0.358. The van der Waals surface area contributed by atoms with Gasteiger partial charge >= 0.3 is 0 Å². The van der Waals surface area contributed by atoms with Gasteiger partial charge in [-0.3, -0.25) is 0 Å². The third kappa shape index (κ3) is 7.22. The Labute approximate surface area is 114 Å². The van der Waals surface area contributed by atoms with Crippen LogP contribution in [-0.2, 0) is 4.74 Å². The minimum absolute atomic E-state index is 0.573. The van der Waals surface area contributed by atoms with Crippen LogP contribution in [-0.4, -0.2) is 25.4 Å². The van der Waals surface area contributed by atoms with Crippen molar-refractivity contribution in [3.63, 3.8) is 0 Å². The maximum Gasteiger partial charge on any atom is 0.120 e. The Hall–Kier alpha value is -0.283. The van der Waals surface area contributed by atoms with Crippen LogP contribution >= 0.6 is 0 Å². The lowest BCUT2D eigenvalue weighted by Crippen LogP contribution is -2.40. The molecule has 0 aliphatic carbocycles. The predicted molar refractivity (Wildman–Crippen MR) is 82.6 cm³/mol. The molecule has 18 heavy (non-hydrogen) atoms. The van der Waals surface area contributed by atoms with E-state index >= 15 is 0 Å². The maximum atomic E-state index is 10.9. The molecule has 1 N–H and O–H groups in total. The van der Waals surface area contributed by atoms with Gasteiger partial charge < -0.3 is 9.84 Å². The molecular weight excluding hydrogens is 240 g/mol. The highest BCUT2D eigenvalue weighted by atomic mass is 28.3. The number of hydrogen-bond donors (Lipinski definition) is 1. The molecule has 0 aromatic carbocycles. The molecule has 0 saturated carbocycles. The van der Waals surface area contributed by atoms with Crippen LogP contribution in [0, 0.1) is 0 Å². The minimum Gasteiger partial charge on any atom is -0.496 e. The van der Waals surface area contributed by atoms with Crippen LogP contribution in [0.2, 0.25) is 25.7 Å². The molecule has 0 radical (unpaired) electrons. The first-order valence-electron chi connectivity index (χ1n) is 7.29. The van der Waals surface area contributed by atoms with Gasteiger partial charge in [-0.2, -0.15) is 0 Å². The van der Waals surface area contributed by atoms with Crippen LogP contribution in [0.15, 0.2) is 12.3 Å². The van der Waals surface area contributed by atoms with Gasteiger partial charge in [0, 0.05) is 8.07 Å². The molecule has 0 bridgehead atoms. The Balaban J connectivity index is 4.54. The van der Waals surface area contributed by atoms with Crippen molar-refractivity contribution in [1.82, 2.24) is 0 Å². The van der Waals surface area contributed by atoms with Gasteiger partial charge in [0.25, 0.3) is 0 Å². The number of aliphatic hydroxyl groups is 1. The highest BCUT2D eigenvalue weighted by Crippen LogP contribution is 2.32. The van der Waals surface area contributed by atoms with Gasteiger partial charge in [-0.25, -0.2) is 0 Å². The van der Waals surface area contributed by atoms with Crippen LogP contribution in [0.5, 0.6) is 0 Å². The molecule has 0 heterocycles. The molecule has 1 unspecified atom stereocenters. The fourth-order valence-corrected chi connectivity index (χ4v) is 4.49. The molecule has 0 aromatic rings. The van der Waals surface area contributed by atoms with Gasteiger partial charge in [0.2, 0.25) is 0 Å². The summed E-state index contributed by atoms with van der Waals surface area (Å²) in [5.74, 6) is 0.573. The van der Waals surface area contributed by atoms with Crippen molar-refractivity contribution in [2.24, 2.45) is 0 Å². The minimum atomic E-state index is -1.34. The van der Waals surface area contributed by atoms with Gasteiger partial charge in [0.1, 0.15) is 11.4 Å². The Morgan fingerprint density at radius 1 is 1.17 bits per heavy atom. The van der Waals surface area contributed by atoms with E-state index in [9.17, 15) is 5.11 Å². The smallest absolute Gasteiger partial charge is 0.120 e. The lowest BCUT2D eigenvalue weighted by atomic mass is 9.96. The number of hydrogen-bond acceptors (Lipinski definition) is 2. The monoisotopic (exact) mass is 272 g/mol. The van der Waals surface area contributed by atoms with Gasteiger partial charge in [0.15, 0.2) is 0 Å². The second-order valence-corrected chi connectivity index (χ2v) is 11.9. The number of unbranched alkanes of at least 4 members (excludes halogenated alkanes) is 3. The molecule has 0 aliphatic heterocycles. The Morgan fingerprint density at radius 2 is 1.78 bits per heavy atom. The van der Waals surface area contributed by atoms with Crippen molar-refractivity contribution in [3.05, 3.63) is 12.3 Å². The SMILES string of the molecule is C=C(OCC)C(O)(CCCCCC)C[Si](C)(C)C. The van der Waals surface area contributed by atoms with Crippen molar-refractivity contribution < 1.29 is 9.84 Å². The fraction of sp³-hybridized carbons (Fsp3) is 0.867. The third-order valence-corrected chi connectivity index (χ3v) is 4.75. The summed E-state index contributed by atoms with van der Waals surface area (Å²) in [6.07, 6.45) is 5.49. The average molecular weight is 273 g/mol. The normalized spacial score (nSPS) is 15.2. The molecule has 1 atom stereocenters. The third-order valence-electron chi connectivity index (χ3n) is 3.10. The first kappa shape index (κ1) is 17.7. The lowest BCUT2D eigenvalue weighted by molar-refractivity contribution is 0.0190. The zero-order chi connectivity index (χ0) is 14.2. The fourth-order valence-electron chi connectivity index (χ4n) is 2.36. The molecule has 108 valence electrons. The van der Waals surface area contributed by atoms with Crippen molar-refractivity contribution in [2.45, 2.75) is 77.2 Å². The molecular formula is C15H32O2Si. The summed E-state index contributed by atoms with van der Waals surface area (Å²) < 4.78 is 5.49. The zero-order valence-corrected chi connectivity index (χ0v) is 14.0. The van der Waals surface area contributed by atoms with Crippen LogP contribution in [0.1, 0.15) is 46.0 Å². The van der Waals surface area contributed by atoms with Crippen LogP contribution in [0.25, 0.3) is 0 Å². The van der Waals surface area contributed by atoms with Gasteiger partial charge in [-0.05, 0) is 19.4 Å². The summed E-state index contributed by atoms with van der Waals surface area (Å²) in [6, 6.07) is 0.838. The summed E-state index contributed by atoms with van der Waals surface area (Å²) in [7, 11) is -1.34. The summed E-state index contributed by atoms with van der Waals surface area (Å²) in [5, 5.41) is 10.9. The largest absolute Gasteiger partial charge is 0.496 e. The zero-order valence-electron chi connectivity index (χ0n) is 13.0. The van der Waals surface area contributed by atoms with Gasteiger partial charge in [0.05, 0.1) is 6.61 Å². The van der Waals surface area contributed by atoms with E-state index in [0.717, 1.165) is 18.9 Å².